The van der Waals surface area contributed by atoms with Crippen LogP contribution in [0.1, 0.15) is 36.5 Å². The molecule has 6 nitrogen and oxygen atoms in total. The van der Waals surface area contributed by atoms with E-state index >= 15 is 0 Å². The summed E-state index contributed by atoms with van der Waals surface area (Å²) in [4.78, 5) is 35.6. The summed E-state index contributed by atoms with van der Waals surface area (Å²) in [6.45, 7) is 2.04. The molecular weight excluding hydrogens is 296 g/mol. The van der Waals surface area contributed by atoms with Gasteiger partial charge in [-0.15, -0.1) is 0 Å². The second-order valence-corrected chi connectivity index (χ2v) is 5.59. The number of nitro groups is 1. The minimum atomic E-state index is -0.584. The Morgan fingerprint density at radius 3 is 2.76 bits per heavy atom. The molecule has 1 aromatic rings. The summed E-state index contributed by atoms with van der Waals surface area (Å²) in [5.41, 5.74) is -0.0298. The Bertz CT molecular complexity index is 603. The van der Waals surface area contributed by atoms with Crippen LogP contribution in [0.4, 0.5) is 5.69 Å². The van der Waals surface area contributed by atoms with E-state index in [1.807, 2.05) is 0 Å². The largest absolute Gasteiger partial charge is 0.335 e. The molecular formula is C14H15ClN2O4. The third-order valence-electron chi connectivity index (χ3n) is 3.50. The summed E-state index contributed by atoms with van der Waals surface area (Å²) >= 11 is 5.84. The Balaban J connectivity index is 2.27. The zero-order chi connectivity index (χ0) is 15.6. The standard InChI is InChI=1S/C14H15ClN2O4/c1-9(18)5-12-3-2-4-16(12)14(19)10-6-11(15)8-13(7-10)17(20)21/h6-8,12H,2-5H2,1H3. The monoisotopic (exact) mass is 310 g/mol. The minimum absolute atomic E-state index is 0.0248. The first-order valence-electron chi connectivity index (χ1n) is 6.64. The van der Waals surface area contributed by atoms with Crippen LogP contribution >= 0.6 is 11.6 Å². The number of nitro benzene ring substituents is 1. The molecule has 1 heterocycles. The predicted octanol–water partition coefficient (Wildman–Crippen LogP) is 2.83. The molecule has 1 aromatic carbocycles. The second kappa shape index (κ2) is 6.22. The Morgan fingerprint density at radius 1 is 1.43 bits per heavy atom. The lowest BCUT2D eigenvalue weighted by atomic mass is 10.1. The first-order valence-corrected chi connectivity index (χ1v) is 7.01. The number of rotatable bonds is 4. The van der Waals surface area contributed by atoms with Crippen LogP contribution < -0.4 is 0 Å². The van der Waals surface area contributed by atoms with Gasteiger partial charge in [0.1, 0.15) is 5.78 Å². The SMILES string of the molecule is CC(=O)CC1CCCN1C(=O)c1cc(Cl)cc([N+](=O)[O-])c1. The van der Waals surface area contributed by atoms with E-state index in [-0.39, 0.29) is 34.0 Å². The van der Waals surface area contributed by atoms with Gasteiger partial charge in [0.2, 0.25) is 0 Å². The predicted molar refractivity (Wildman–Crippen MR) is 77.5 cm³/mol. The molecule has 0 aliphatic carbocycles. The number of likely N-dealkylation sites (tertiary alicyclic amines) is 1. The molecule has 0 N–H and O–H groups in total. The highest BCUT2D eigenvalue weighted by atomic mass is 35.5. The van der Waals surface area contributed by atoms with Crippen molar-refractivity contribution >= 4 is 29.0 Å². The zero-order valence-corrected chi connectivity index (χ0v) is 12.3. The number of carbonyl (C=O) groups excluding carboxylic acids is 2. The number of amides is 1. The third-order valence-corrected chi connectivity index (χ3v) is 3.72. The van der Waals surface area contributed by atoms with Crippen molar-refractivity contribution in [3.8, 4) is 0 Å². The summed E-state index contributed by atoms with van der Waals surface area (Å²) < 4.78 is 0. The quantitative estimate of drug-likeness (QED) is 0.632. The number of hydrogen-bond donors (Lipinski definition) is 0. The molecule has 0 saturated carbocycles. The van der Waals surface area contributed by atoms with E-state index < -0.39 is 4.92 Å². The fourth-order valence-corrected chi connectivity index (χ4v) is 2.85. The molecule has 2 rings (SSSR count). The summed E-state index contributed by atoms with van der Waals surface area (Å²) in [6, 6.07) is 3.71. The van der Waals surface area contributed by atoms with Crippen molar-refractivity contribution in [1.82, 2.24) is 4.90 Å². The molecule has 0 radical (unpaired) electrons. The van der Waals surface area contributed by atoms with Crippen LogP contribution in [-0.4, -0.2) is 34.1 Å². The number of halogens is 1. The Morgan fingerprint density at radius 2 is 2.14 bits per heavy atom. The van der Waals surface area contributed by atoms with Crippen molar-refractivity contribution in [2.75, 3.05) is 6.54 Å². The van der Waals surface area contributed by atoms with E-state index in [2.05, 4.69) is 0 Å². The Hall–Kier alpha value is -1.95. The molecule has 7 heteroatoms. The molecule has 1 aliphatic rings. The van der Waals surface area contributed by atoms with Crippen molar-refractivity contribution < 1.29 is 14.5 Å². The number of carbonyl (C=O) groups is 2. The van der Waals surface area contributed by atoms with Crippen LogP contribution in [0, 0.1) is 10.1 Å². The van der Waals surface area contributed by atoms with Crippen LogP contribution in [0.25, 0.3) is 0 Å². The fraction of sp³-hybridized carbons (Fsp3) is 0.429. The molecule has 1 atom stereocenters. The highest BCUT2D eigenvalue weighted by Crippen LogP contribution is 2.26. The molecule has 1 amide bonds. The molecule has 1 aliphatic heterocycles. The first-order chi connectivity index (χ1) is 9.88. The fourth-order valence-electron chi connectivity index (χ4n) is 2.62. The molecule has 0 bridgehead atoms. The van der Waals surface area contributed by atoms with Gasteiger partial charge in [0.05, 0.1) is 4.92 Å². The number of benzene rings is 1. The lowest BCUT2D eigenvalue weighted by molar-refractivity contribution is -0.384. The summed E-state index contributed by atoms with van der Waals surface area (Å²) in [7, 11) is 0. The van der Waals surface area contributed by atoms with E-state index in [4.69, 9.17) is 11.6 Å². The van der Waals surface area contributed by atoms with Gasteiger partial charge in [0.25, 0.3) is 11.6 Å². The van der Waals surface area contributed by atoms with Crippen LogP contribution in [0.5, 0.6) is 0 Å². The number of ketones is 1. The van der Waals surface area contributed by atoms with Crippen molar-refractivity contribution in [3.05, 3.63) is 38.9 Å². The molecule has 1 unspecified atom stereocenters. The van der Waals surface area contributed by atoms with E-state index in [0.29, 0.717) is 13.0 Å². The first kappa shape index (κ1) is 15.4. The van der Waals surface area contributed by atoms with E-state index in [9.17, 15) is 19.7 Å². The van der Waals surface area contributed by atoms with Crippen molar-refractivity contribution in [1.29, 1.82) is 0 Å². The average molecular weight is 311 g/mol. The lowest BCUT2D eigenvalue weighted by Gasteiger charge is -2.24. The van der Waals surface area contributed by atoms with Gasteiger partial charge in [0, 0.05) is 41.7 Å². The van der Waals surface area contributed by atoms with Crippen LogP contribution in [0.2, 0.25) is 5.02 Å². The number of hydrogen-bond acceptors (Lipinski definition) is 4. The molecule has 1 saturated heterocycles. The summed E-state index contributed by atoms with van der Waals surface area (Å²) in [5.74, 6) is -0.291. The maximum atomic E-state index is 12.5. The maximum Gasteiger partial charge on any atom is 0.271 e. The van der Waals surface area contributed by atoms with Crippen molar-refractivity contribution in [3.63, 3.8) is 0 Å². The van der Waals surface area contributed by atoms with E-state index in [0.717, 1.165) is 12.8 Å². The molecule has 0 spiro atoms. The maximum absolute atomic E-state index is 12.5. The van der Waals surface area contributed by atoms with Gasteiger partial charge in [-0.2, -0.15) is 0 Å². The normalized spacial score (nSPS) is 17.8. The highest BCUT2D eigenvalue weighted by molar-refractivity contribution is 6.31. The van der Waals surface area contributed by atoms with Crippen molar-refractivity contribution in [2.24, 2.45) is 0 Å². The molecule has 1 fully saturated rings. The Kier molecular flexibility index (Phi) is 4.57. The van der Waals surface area contributed by atoms with E-state index in [1.165, 1.54) is 25.1 Å². The van der Waals surface area contributed by atoms with Crippen molar-refractivity contribution in [2.45, 2.75) is 32.2 Å². The lowest BCUT2D eigenvalue weighted by Crippen LogP contribution is -2.36. The van der Waals surface area contributed by atoms with Gasteiger partial charge in [-0.3, -0.25) is 19.7 Å². The third kappa shape index (κ3) is 3.58. The molecule has 21 heavy (non-hydrogen) atoms. The zero-order valence-electron chi connectivity index (χ0n) is 11.5. The molecule has 112 valence electrons. The topological polar surface area (TPSA) is 80.5 Å². The van der Waals surface area contributed by atoms with Gasteiger partial charge in [-0.1, -0.05) is 11.6 Å². The van der Waals surface area contributed by atoms with Gasteiger partial charge in [-0.05, 0) is 25.8 Å². The number of Topliss-reactive ketones (excluding diaryl/α,β-unsaturated/α-hetero) is 1. The smallest absolute Gasteiger partial charge is 0.271 e. The Labute approximate surface area is 126 Å². The van der Waals surface area contributed by atoms with Gasteiger partial charge < -0.3 is 4.90 Å². The van der Waals surface area contributed by atoms with E-state index in [1.54, 1.807) is 4.90 Å². The van der Waals surface area contributed by atoms with Gasteiger partial charge in [-0.25, -0.2) is 0 Å². The van der Waals surface area contributed by atoms with Gasteiger partial charge >= 0.3 is 0 Å². The molecule has 0 aromatic heterocycles. The number of nitrogens with zero attached hydrogens (tertiary/aromatic N) is 2. The van der Waals surface area contributed by atoms with Gasteiger partial charge in [0.15, 0.2) is 0 Å². The highest BCUT2D eigenvalue weighted by Gasteiger charge is 2.30. The minimum Gasteiger partial charge on any atom is -0.335 e. The van der Waals surface area contributed by atoms with Crippen LogP contribution in [0.3, 0.4) is 0 Å². The summed E-state index contributed by atoms with van der Waals surface area (Å²) in [5, 5.41) is 11.0. The second-order valence-electron chi connectivity index (χ2n) is 5.16. The van der Waals surface area contributed by atoms with Crippen LogP contribution in [0.15, 0.2) is 18.2 Å². The number of non-ortho nitro benzene ring substituents is 1. The average Bonchev–Trinajstić information content (AvgIpc) is 2.84. The summed E-state index contributed by atoms with van der Waals surface area (Å²) in [6.07, 6.45) is 1.91. The van der Waals surface area contributed by atoms with Crippen LogP contribution in [-0.2, 0) is 4.79 Å².